The highest BCUT2D eigenvalue weighted by atomic mass is 19.1. The van der Waals surface area contributed by atoms with Crippen molar-refractivity contribution in [3.63, 3.8) is 0 Å². The Morgan fingerprint density at radius 3 is 2.70 bits per heavy atom. The van der Waals surface area contributed by atoms with Crippen LogP contribution in [0, 0.1) is 12.7 Å². The lowest BCUT2D eigenvalue weighted by Crippen LogP contribution is -2.21. The number of phenols is 1. The summed E-state index contributed by atoms with van der Waals surface area (Å²) in [5, 5.41) is 10.1. The van der Waals surface area contributed by atoms with E-state index in [9.17, 15) is 14.3 Å². The predicted molar refractivity (Wildman–Crippen MR) is 82.8 cm³/mol. The average Bonchev–Trinajstić information content (AvgIpc) is 2.50. The summed E-state index contributed by atoms with van der Waals surface area (Å²) in [6.07, 6.45) is 0. The van der Waals surface area contributed by atoms with Gasteiger partial charge in [-0.3, -0.25) is 4.79 Å². The van der Waals surface area contributed by atoms with Crippen molar-refractivity contribution in [1.82, 2.24) is 0 Å². The number of benzene rings is 2. The van der Waals surface area contributed by atoms with Crippen LogP contribution < -0.4 is 11.3 Å². The Morgan fingerprint density at radius 1 is 1.22 bits per heavy atom. The smallest absolute Gasteiger partial charge is 0.254 e. The van der Waals surface area contributed by atoms with Crippen LogP contribution in [-0.4, -0.2) is 11.0 Å². The van der Waals surface area contributed by atoms with Crippen LogP contribution in [0.1, 0.15) is 15.9 Å². The minimum absolute atomic E-state index is 0.00149. The number of aromatic hydroxyl groups is 1. The van der Waals surface area contributed by atoms with Crippen molar-refractivity contribution in [2.24, 2.45) is 10.7 Å². The number of phenolic OH excluding ortho intramolecular Hbond substituents is 1. The van der Waals surface area contributed by atoms with E-state index in [2.05, 4.69) is 4.99 Å². The quantitative estimate of drug-likeness (QED) is 0.762. The first-order valence-corrected chi connectivity index (χ1v) is 6.81. The van der Waals surface area contributed by atoms with E-state index in [0.717, 1.165) is 0 Å². The maximum atomic E-state index is 13.3. The number of carbonyl (C=O) groups excluding carboxylic acids is 1. The van der Waals surface area contributed by atoms with Crippen LogP contribution in [-0.2, 0) is 0 Å². The van der Waals surface area contributed by atoms with Gasteiger partial charge in [-0.2, -0.15) is 0 Å². The molecule has 3 N–H and O–H groups in total. The molecule has 2 aromatic carbocycles. The SMILES string of the molecule is Cc1cc(N=c2oc3cc(O)ccc3cc2C(N)=O)ccc1F. The van der Waals surface area contributed by atoms with Crippen LogP contribution in [0.2, 0.25) is 0 Å². The van der Waals surface area contributed by atoms with E-state index >= 15 is 0 Å². The molecule has 3 aromatic rings. The lowest BCUT2D eigenvalue weighted by molar-refractivity contribution is 0.0996. The largest absolute Gasteiger partial charge is 0.508 e. The van der Waals surface area contributed by atoms with Gasteiger partial charge in [0.1, 0.15) is 22.7 Å². The molecule has 0 bridgehead atoms. The maximum Gasteiger partial charge on any atom is 0.254 e. The fourth-order valence-corrected chi connectivity index (χ4v) is 2.18. The third-order valence-corrected chi connectivity index (χ3v) is 3.37. The van der Waals surface area contributed by atoms with Gasteiger partial charge in [-0.1, -0.05) is 0 Å². The fraction of sp³-hybridized carbons (Fsp3) is 0.0588. The summed E-state index contributed by atoms with van der Waals surface area (Å²) in [5.41, 5.74) is 6.68. The van der Waals surface area contributed by atoms with Crippen molar-refractivity contribution in [2.45, 2.75) is 6.92 Å². The zero-order valence-corrected chi connectivity index (χ0v) is 12.2. The molecule has 5 nitrogen and oxygen atoms in total. The number of halogens is 1. The van der Waals surface area contributed by atoms with Gasteiger partial charge in [0, 0.05) is 11.5 Å². The second-order valence-corrected chi connectivity index (χ2v) is 5.10. The first kappa shape index (κ1) is 14.8. The fourth-order valence-electron chi connectivity index (χ4n) is 2.18. The molecular weight excluding hydrogens is 299 g/mol. The summed E-state index contributed by atoms with van der Waals surface area (Å²) in [5.74, 6) is -1.02. The molecule has 1 amide bonds. The van der Waals surface area contributed by atoms with Crippen molar-refractivity contribution < 1.29 is 18.7 Å². The summed E-state index contributed by atoms with van der Waals surface area (Å²) < 4.78 is 18.9. The van der Waals surface area contributed by atoms with Crippen molar-refractivity contribution in [3.8, 4) is 5.75 Å². The number of nitrogens with zero attached hydrogens (tertiary/aromatic N) is 1. The van der Waals surface area contributed by atoms with Gasteiger partial charge >= 0.3 is 0 Å². The summed E-state index contributed by atoms with van der Waals surface area (Å²) in [7, 11) is 0. The average molecular weight is 312 g/mol. The Kier molecular flexibility index (Phi) is 3.57. The van der Waals surface area contributed by atoms with Crippen LogP contribution in [0.5, 0.6) is 5.75 Å². The molecule has 0 aliphatic rings. The predicted octanol–water partition coefficient (Wildman–Crippen LogP) is 2.92. The van der Waals surface area contributed by atoms with Crippen molar-refractivity contribution >= 4 is 22.6 Å². The molecule has 0 atom stereocenters. The van der Waals surface area contributed by atoms with Gasteiger partial charge in [-0.05, 0) is 48.9 Å². The van der Waals surface area contributed by atoms with E-state index in [0.29, 0.717) is 22.2 Å². The topological polar surface area (TPSA) is 88.8 Å². The van der Waals surface area contributed by atoms with Crippen molar-refractivity contribution in [1.29, 1.82) is 0 Å². The van der Waals surface area contributed by atoms with E-state index in [4.69, 9.17) is 10.2 Å². The number of rotatable bonds is 2. The summed E-state index contributed by atoms with van der Waals surface area (Å²) in [6.45, 7) is 1.61. The molecular formula is C17H13FN2O3. The first-order valence-electron chi connectivity index (χ1n) is 6.81. The van der Waals surface area contributed by atoms with Gasteiger partial charge in [0.25, 0.3) is 5.91 Å². The molecule has 0 aliphatic carbocycles. The molecule has 0 unspecified atom stereocenters. The second kappa shape index (κ2) is 5.57. The molecule has 1 heterocycles. The number of primary amides is 1. The van der Waals surface area contributed by atoms with Gasteiger partial charge < -0.3 is 15.3 Å². The minimum Gasteiger partial charge on any atom is -0.508 e. The monoisotopic (exact) mass is 312 g/mol. The zero-order chi connectivity index (χ0) is 16.6. The highest BCUT2D eigenvalue weighted by Crippen LogP contribution is 2.20. The Morgan fingerprint density at radius 2 is 2.00 bits per heavy atom. The highest BCUT2D eigenvalue weighted by Gasteiger charge is 2.10. The maximum absolute atomic E-state index is 13.3. The van der Waals surface area contributed by atoms with Gasteiger partial charge in [0.05, 0.1) is 5.69 Å². The van der Waals surface area contributed by atoms with Crippen molar-refractivity contribution in [2.75, 3.05) is 0 Å². The van der Waals surface area contributed by atoms with Gasteiger partial charge in [0.2, 0.25) is 5.55 Å². The number of aryl methyl sites for hydroxylation is 1. The number of amides is 1. The summed E-state index contributed by atoms with van der Waals surface area (Å²) in [6, 6.07) is 10.3. The number of carbonyl (C=O) groups is 1. The molecule has 3 rings (SSSR count). The normalized spacial score (nSPS) is 11.8. The Hall–Kier alpha value is -3.15. The third-order valence-electron chi connectivity index (χ3n) is 3.37. The molecule has 1 aromatic heterocycles. The lowest BCUT2D eigenvalue weighted by atomic mass is 10.1. The molecule has 23 heavy (non-hydrogen) atoms. The van der Waals surface area contributed by atoms with E-state index < -0.39 is 5.91 Å². The zero-order valence-electron chi connectivity index (χ0n) is 12.2. The molecule has 0 saturated carbocycles. The minimum atomic E-state index is -0.693. The van der Waals surface area contributed by atoms with Crippen molar-refractivity contribution in [3.05, 3.63) is 65.0 Å². The first-order chi connectivity index (χ1) is 10.9. The van der Waals surface area contributed by atoms with Crippen LogP contribution in [0.4, 0.5) is 10.1 Å². The van der Waals surface area contributed by atoms with Crippen LogP contribution >= 0.6 is 0 Å². The lowest BCUT2D eigenvalue weighted by Gasteiger charge is -2.03. The second-order valence-electron chi connectivity index (χ2n) is 5.10. The summed E-state index contributed by atoms with van der Waals surface area (Å²) >= 11 is 0. The number of hydrogen-bond acceptors (Lipinski definition) is 4. The van der Waals surface area contributed by atoms with Gasteiger partial charge in [0.15, 0.2) is 0 Å². The molecule has 0 fully saturated rings. The number of fused-ring (bicyclic) bond motifs is 1. The summed E-state index contributed by atoms with van der Waals surface area (Å²) in [4.78, 5) is 15.9. The van der Waals surface area contributed by atoms with Crippen LogP contribution in [0.25, 0.3) is 11.0 Å². The molecule has 116 valence electrons. The van der Waals surface area contributed by atoms with Gasteiger partial charge in [-0.15, -0.1) is 0 Å². The number of nitrogens with two attached hydrogens (primary N) is 1. The standard InChI is InChI=1S/C17H13FN2O3/c1-9-6-11(3-5-14(9)18)20-17-13(16(19)22)7-10-2-4-12(21)8-15(10)23-17/h2-8,21H,1H3,(H2,19,22). The molecule has 6 heteroatoms. The van der Waals surface area contributed by atoms with Crippen LogP contribution in [0.3, 0.4) is 0 Å². The Bertz CT molecular complexity index is 993. The van der Waals surface area contributed by atoms with E-state index in [-0.39, 0.29) is 22.7 Å². The van der Waals surface area contributed by atoms with Crippen LogP contribution in [0.15, 0.2) is 51.9 Å². The highest BCUT2D eigenvalue weighted by molar-refractivity contribution is 5.95. The Labute approximate surface area is 130 Å². The third kappa shape index (κ3) is 2.91. The Balaban J connectivity index is 2.28. The number of hydrogen-bond donors (Lipinski definition) is 2. The van der Waals surface area contributed by atoms with E-state index in [1.165, 1.54) is 36.4 Å². The molecule has 0 saturated heterocycles. The van der Waals surface area contributed by atoms with Gasteiger partial charge in [-0.25, -0.2) is 9.38 Å². The molecule has 0 radical (unpaired) electrons. The molecule has 0 aliphatic heterocycles. The van der Waals surface area contributed by atoms with E-state index in [1.54, 1.807) is 13.0 Å². The molecule has 0 spiro atoms. The van der Waals surface area contributed by atoms with E-state index in [1.807, 2.05) is 0 Å².